The van der Waals surface area contributed by atoms with Gasteiger partial charge in [0.25, 0.3) is 5.91 Å². The van der Waals surface area contributed by atoms with Gasteiger partial charge in [-0.2, -0.15) is 0 Å². The maximum atomic E-state index is 13.5. The first-order valence-corrected chi connectivity index (χ1v) is 10.5. The van der Waals surface area contributed by atoms with E-state index in [4.69, 9.17) is 21.1 Å². The third-order valence-electron chi connectivity index (χ3n) is 4.71. The van der Waals surface area contributed by atoms with E-state index in [1.165, 1.54) is 11.3 Å². The monoisotopic (exact) mass is 437 g/mol. The highest BCUT2D eigenvalue weighted by molar-refractivity contribution is 7.22. The lowest BCUT2D eigenvalue weighted by molar-refractivity contribution is -0.127. The van der Waals surface area contributed by atoms with Gasteiger partial charge in [0.1, 0.15) is 6.61 Å². The Bertz CT molecular complexity index is 1210. The van der Waals surface area contributed by atoms with Crippen LogP contribution in [0, 0.1) is 0 Å². The van der Waals surface area contributed by atoms with Crippen molar-refractivity contribution >= 4 is 44.2 Å². The molecule has 3 heterocycles. The van der Waals surface area contributed by atoms with E-state index in [0.717, 1.165) is 15.8 Å². The summed E-state index contributed by atoms with van der Waals surface area (Å²) in [5.74, 6) is 0.977. The summed E-state index contributed by atoms with van der Waals surface area (Å²) in [4.78, 5) is 23.9. The van der Waals surface area contributed by atoms with Crippen LogP contribution < -0.4 is 14.4 Å². The van der Waals surface area contributed by atoms with E-state index in [1.807, 2.05) is 42.5 Å². The van der Waals surface area contributed by atoms with Crippen molar-refractivity contribution in [2.45, 2.75) is 12.6 Å². The summed E-state index contributed by atoms with van der Waals surface area (Å²) in [6.07, 6.45) is 2.64. The zero-order valence-electron chi connectivity index (χ0n) is 15.7. The summed E-state index contributed by atoms with van der Waals surface area (Å²) in [6, 6.07) is 16.6. The highest BCUT2D eigenvalue weighted by atomic mass is 35.5. The third kappa shape index (κ3) is 3.69. The summed E-state index contributed by atoms with van der Waals surface area (Å²) in [5.41, 5.74) is 1.73. The highest BCUT2D eigenvalue weighted by Crippen LogP contribution is 2.34. The molecule has 1 atom stereocenters. The number of nitrogens with zero attached hydrogens (tertiary/aromatic N) is 3. The molecule has 0 fully saturated rings. The minimum absolute atomic E-state index is 0.138. The van der Waals surface area contributed by atoms with Crippen molar-refractivity contribution in [2.24, 2.45) is 0 Å². The molecule has 5 rings (SSSR count). The summed E-state index contributed by atoms with van der Waals surface area (Å²) in [6.45, 7) is 0.482. The molecule has 0 bridgehead atoms. The first-order chi connectivity index (χ1) is 14.7. The molecule has 1 aliphatic rings. The number of carbonyl (C=O) groups is 1. The van der Waals surface area contributed by atoms with Crippen LogP contribution in [-0.2, 0) is 11.3 Å². The van der Waals surface area contributed by atoms with Crippen molar-refractivity contribution in [2.75, 3.05) is 11.5 Å². The zero-order chi connectivity index (χ0) is 20.5. The Hall–Kier alpha value is -3.16. The van der Waals surface area contributed by atoms with Crippen molar-refractivity contribution in [1.82, 2.24) is 9.97 Å². The van der Waals surface area contributed by atoms with Crippen LogP contribution in [0.25, 0.3) is 10.2 Å². The molecule has 4 aromatic rings. The molecule has 0 radical (unpaired) electrons. The van der Waals surface area contributed by atoms with Gasteiger partial charge in [-0.1, -0.05) is 35.1 Å². The average Bonchev–Trinajstić information content (AvgIpc) is 3.20. The molecule has 8 heteroatoms. The number of ether oxygens (including phenoxy) is 2. The van der Waals surface area contributed by atoms with Crippen LogP contribution >= 0.6 is 22.9 Å². The van der Waals surface area contributed by atoms with Crippen molar-refractivity contribution in [3.05, 3.63) is 77.6 Å². The highest BCUT2D eigenvalue weighted by Gasteiger charge is 2.33. The Kier molecular flexibility index (Phi) is 4.98. The van der Waals surface area contributed by atoms with Gasteiger partial charge in [0, 0.05) is 17.4 Å². The van der Waals surface area contributed by atoms with E-state index in [-0.39, 0.29) is 12.5 Å². The molecule has 0 spiro atoms. The Labute approximate surface area is 181 Å². The molecule has 2 aromatic carbocycles. The van der Waals surface area contributed by atoms with Crippen LogP contribution in [0.2, 0.25) is 5.02 Å². The molecule has 1 aliphatic heterocycles. The number of hydrogen-bond acceptors (Lipinski definition) is 6. The molecular formula is C22H16ClN3O3S. The van der Waals surface area contributed by atoms with Gasteiger partial charge in [0.2, 0.25) is 6.10 Å². The molecule has 0 saturated heterocycles. The van der Waals surface area contributed by atoms with Gasteiger partial charge in [0.15, 0.2) is 16.6 Å². The number of carbonyl (C=O) groups excluding carboxylic acids is 1. The minimum atomic E-state index is -0.766. The fourth-order valence-corrected chi connectivity index (χ4v) is 4.47. The van der Waals surface area contributed by atoms with E-state index in [1.54, 1.807) is 29.4 Å². The molecule has 30 heavy (non-hydrogen) atoms. The first kappa shape index (κ1) is 18.8. The normalized spacial score (nSPS) is 15.2. The van der Waals surface area contributed by atoms with Gasteiger partial charge in [-0.25, -0.2) is 4.98 Å². The number of para-hydroxylation sites is 2. The molecular weight excluding hydrogens is 422 g/mol. The lowest BCUT2D eigenvalue weighted by Gasteiger charge is -2.29. The molecule has 6 nitrogen and oxygen atoms in total. The second-order valence-electron chi connectivity index (χ2n) is 6.75. The SMILES string of the molecule is O=C(C1COc2ccccc2O1)N(Cc1ccncc1)c1nc2ccc(Cl)cc2s1. The van der Waals surface area contributed by atoms with Gasteiger partial charge < -0.3 is 9.47 Å². The summed E-state index contributed by atoms with van der Waals surface area (Å²) in [5, 5.41) is 1.21. The number of amides is 1. The molecule has 1 unspecified atom stereocenters. The number of fused-ring (bicyclic) bond motifs is 2. The lowest BCUT2D eigenvalue weighted by atomic mass is 10.2. The van der Waals surface area contributed by atoms with Gasteiger partial charge in [0.05, 0.1) is 16.8 Å². The second-order valence-corrected chi connectivity index (χ2v) is 8.20. The van der Waals surface area contributed by atoms with Crippen LogP contribution in [0.3, 0.4) is 0 Å². The number of pyridine rings is 1. The van der Waals surface area contributed by atoms with Crippen LogP contribution in [-0.4, -0.2) is 28.6 Å². The molecule has 0 aliphatic carbocycles. The number of rotatable bonds is 4. The van der Waals surface area contributed by atoms with Gasteiger partial charge in [-0.15, -0.1) is 0 Å². The van der Waals surface area contributed by atoms with Crippen molar-refractivity contribution in [3.8, 4) is 11.5 Å². The minimum Gasteiger partial charge on any atom is -0.485 e. The van der Waals surface area contributed by atoms with Crippen LogP contribution in [0.5, 0.6) is 11.5 Å². The lowest BCUT2D eigenvalue weighted by Crippen LogP contribution is -2.46. The van der Waals surface area contributed by atoms with Crippen LogP contribution in [0.4, 0.5) is 5.13 Å². The van der Waals surface area contributed by atoms with Gasteiger partial charge >= 0.3 is 0 Å². The summed E-state index contributed by atoms with van der Waals surface area (Å²) in [7, 11) is 0. The molecule has 1 amide bonds. The Morgan fingerprint density at radius 2 is 1.93 bits per heavy atom. The fourth-order valence-electron chi connectivity index (χ4n) is 3.23. The van der Waals surface area contributed by atoms with E-state index < -0.39 is 6.10 Å². The van der Waals surface area contributed by atoms with E-state index in [9.17, 15) is 4.79 Å². The van der Waals surface area contributed by atoms with Crippen molar-refractivity contribution in [3.63, 3.8) is 0 Å². The quantitative estimate of drug-likeness (QED) is 0.462. The largest absolute Gasteiger partial charge is 0.485 e. The number of benzene rings is 2. The second kappa shape index (κ2) is 7.93. The predicted octanol–water partition coefficient (Wildman–Crippen LogP) is 4.72. The van der Waals surface area contributed by atoms with E-state index in [2.05, 4.69) is 9.97 Å². The van der Waals surface area contributed by atoms with Crippen molar-refractivity contribution < 1.29 is 14.3 Å². The zero-order valence-corrected chi connectivity index (χ0v) is 17.3. The predicted molar refractivity (Wildman–Crippen MR) is 116 cm³/mol. The number of anilines is 1. The van der Waals surface area contributed by atoms with E-state index in [0.29, 0.717) is 28.2 Å². The Morgan fingerprint density at radius 1 is 1.13 bits per heavy atom. The number of thiazole rings is 1. The average molecular weight is 438 g/mol. The van der Waals surface area contributed by atoms with Crippen LogP contribution in [0.1, 0.15) is 5.56 Å². The number of hydrogen-bond donors (Lipinski definition) is 0. The standard InChI is InChI=1S/C22H16ClN3O3S/c23-15-5-6-16-20(11-15)30-22(25-16)26(12-14-7-9-24-10-8-14)21(27)19-13-28-17-3-1-2-4-18(17)29-19/h1-11,19H,12-13H2. The molecule has 0 N–H and O–H groups in total. The summed E-state index contributed by atoms with van der Waals surface area (Å²) >= 11 is 7.54. The third-order valence-corrected chi connectivity index (χ3v) is 5.99. The topological polar surface area (TPSA) is 64.6 Å². The maximum Gasteiger partial charge on any atom is 0.273 e. The molecule has 2 aromatic heterocycles. The molecule has 150 valence electrons. The number of halogens is 1. The van der Waals surface area contributed by atoms with Crippen molar-refractivity contribution in [1.29, 1.82) is 0 Å². The number of aromatic nitrogens is 2. The maximum absolute atomic E-state index is 13.5. The molecule has 0 saturated carbocycles. The van der Waals surface area contributed by atoms with Crippen LogP contribution in [0.15, 0.2) is 67.0 Å². The summed E-state index contributed by atoms with van der Waals surface area (Å²) < 4.78 is 12.6. The Morgan fingerprint density at radius 3 is 2.77 bits per heavy atom. The van der Waals surface area contributed by atoms with Gasteiger partial charge in [-0.05, 0) is 48.0 Å². The van der Waals surface area contributed by atoms with Gasteiger partial charge in [-0.3, -0.25) is 14.7 Å². The Balaban J connectivity index is 1.49. The first-order valence-electron chi connectivity index (χ1n) is 9.32. The van der Waals surface area contributed by atoms with E-state index >= 15 is 0 Å². The smallest absolute Gasteiger partial charge is 0.273 e. The fraction of sp³-hybridized carbons (Fsp3) is 0.136.